The Bertz CT molecular complexity index is 702. The Morgan fingerprint density at radius 1 is 1.00 bits per heavy atom. The number of anilines is 1. The predicted octanol–water partition coefficient (Wildman–Crippen LogP) is 2.41. The number of pyridine rings is 2. The van der Waals surface area contributed by atoms with Crippen molar-refractivity contribution in [2.24, 2.45) is 0 Å². The van der Waals surface area contributed by atoms with Crippen molar-refractivity contribution in [2.45, 2.75) is 5.51 Å². The maximum atomic E-state index is 12.4. The smallest absolute Gasteiger partial charge is 0.275 e. The van der Waals surface area contributed by atoms with E-state index in [4.69, 9.17) is 0 Å². The van der Waals surface area contributed by atoms with Crippen LogP contribution >= 0.6 is 0 Å². The average molecular weight is 303 g/mol. The Balaban J connectivity index is 2.45. The summed E-state index contributed by atoms with van der Waals surface area (Å²) >= 11 is 0. The normalized spacial score (nSPS) is 12.2. The Labute approximate surface area is 112 Å². The number of alkyl halides is 3. The SMILES string of the molecule is O=S(=O)(Nc1ccncc1-c1ccncc1)C(F)(F)F. The molecule has 0 bridgehead atoms. The zero-order chi connectivity index (χ0) is 14.8. The van der Waals surface area contributed by atoms with Crippen LogP contribution in [0.5, 0.6) is 0 Å². The lowest BCUT2D eigenvalue weighted by atomic mass is 10.1. The van der Waals surface area contributed by atoms with Crippen LogP contribution in [-0.2, 0) is 10.0 Å². The van der Waals surface area contributed by atoms with Gasteiger partial charge in [-0.1, -0.05) is 0 Å². The van der Waals surface area contributed by atoms with Gasteiger partial charge in [0.05, 0.1) is 5.69 Å². The average Bonchev–Trinajstić information content (AvgIpc) is 2.38. The second kappa shape index (κ2) is 5.08. The first-order valence-electron chi connectivity index (χ1n) is 5.25. The molecule has 20 heavy (non-hydrogen) atoms. The molecule has 5 nitrogen and oxygen atoms in total. The molecule has 0 aliphatic heterocycles. The number of sulfonamides is 1. The van der Waals surface area contributed by atoms with Crippen LogP contribution in [0.15, 0.2) is 43.0 Å². The Morgan fingerprint density at radius 3 is 2.20 bits per heavy atom. The van der Waals surface area contributed by atoms with Crippen molar-refractivity contribution in [1.82, 2.24) is 9.97 Å². The number of aromatic nitrogens is 2. The largest absolute Gasteiger partial charge is 0.516 e. The van der Waals surface area contributed by atoms with Gasteiger partial charge >= 0.3 is 15.5 Å². The summed E-state index contributed by atoms with van der Waals surface area (Å²) in [7, 11) is -5.47. The van der Waals surface area contributed by atoms with Crippen molar-refractivity contribution >= 4 is 15.7 Å². The highest BCUT2D eigenvalue weighted by Crippen LogP contribution is 2.31. The summed E-state index contributed by atoms with van der Waals surface area (Å²) in [5.74, 6) is 0. The van der Waals surface area contributed by atoms with Crippen LogP contribution in [0.25, 0.3) is 11.1 Å². The van der Waals surface area contributed by atoms with Gasteiger partial charge in [0.25, 0.3) is 0 Å². The van der Waals surface area contributed by atoms with E-state index in [0.29, 0.717) is 5.56 Å². The monoisotopic (exact) mass is 303 g/mol. The minimum absolute atomic E-state index is 0.205. The van der Waals surface area contributed by atoms with Crippen molar-refractivity contribution in [1.29, 1.82) is 0 Å². The molecule has 2 rings (SSSR count). The van der Waals surface area contributed by atoms with Gasteiger partial charge in [-0.25, -0.2) is 0 Å². The topological polar surface area (TPSA) is 72.0 Å². The minimum atomic E-state index is -5.47. The lowest BCUT2D eigenvalue weighted by Crippen LogP contribution is -2.30. The highest BCUT2D eigenvalue weighted by Gasteiger charge is 2.46. The van der Waals surface area contributed by atoms with Gasteiger partial charge in [0.1, 0.15) is 0 Å². The lowest BCUT2D eigenvalue weighted by Gasteiger charge is -2.13. The molecule has 0 saturated heterocycles. The van der Waals surface area contributed by atoms with Crippen molar-refractivity contribution in [3.05, 3.63) is 43.0 Å². The van der Waals surface area contributed by atoms with Gasteiger partial charge < -0.3 is 0 Å². The number of nitrogens with one attached hydrogen (secondary N) is 1. The van der Waals surface area contributed by atoms with Crippen molar-refractivity contribution in [3.8, 4) is 11.1 Å². The van der Waals surface area contributed by atoms with Gasteiger partial charge in [-0.15, -0.1) is 0 Å². The third-order valence-corrected chi connectivity index (χ3v) is 3.46. The van der Waals surface area contributed by atoms with E-state index in [1.807, 2.05) is 0 Å². The molecule has 2 aromatic rings. The number of rotatable bonds is 3. The molecule has 2 heterocycles. The maximum Gasteiger partial charge on any atom is 0.516 e. The van der Waals surface area contributed by atoms with Crippen LogP contribution in [0.3, 0.4) is 0 Å². The van der Waals surface area contributed by atoms with Crippen LogP contribution in [0.1, 0.15) is 0 Å². The number of hydrogen-bond acceptors (Lipinski definition) is 4. The van der Waals surface area contributed by atoms with Crippen LogP contribution < -0.4 is 4.72 Å². The molecule has 0 atom stereocenters. The zero-order valence-corrected chi connectivity index (χ0v) is 10.6. The van der Waals surface area contributed by atoms with Crippen molar-refractivity contribution in [3.63, 3.8) is 0 Å². The first-order chi connectivity index (χ1) is 9.31. The fraction of sp³-hybridized carbons (Fsp3) is 0.0909. The highest BCUT2D eigenvalue weighted by atomic mass is 32.2. The number of nitrogens with zero attached hydrogens (tertiary/aromatic N) is 2. The molecule has 0 aliphatic carbocycles. The Kier molecular flexibility index (Phi) is 3.62. The Hall–Kier alpha value is -2.16. The third kappa shape index (κ3) is 2.87. The van der Waals surface area contributed by atoms with Crippen LogP contribution in [0, 0.1) is 0 Å². The summed E-state index contributed by atoms with van der Waals surface area (Å²) in [4.78, 5) is 7.55. The molecule has 0 fully saturated rings. The van der Waals surface area contributed by atoms with Crippen LogP contribution in [-0.4, -0.2) is 23.9 Å². The molecule has 0 aliphatic rings. The van der Waals surface area contributed by atoms with E-state index in [-0.39, 0.29) is 11.3 Å². The molecule has 0 aromatic carbocycles. The van der Waals surface area contributed by atoms with Gasteiger partial charge in [0.2, 0.25) is 0 Å². The van der Waals surface area contributed by atoms with Crippen molar-refractivity contribution < 1.29 is 21.6 Å². The van der Waals surface area contributed by atoms with Crippen molar-refractivity contribution in [2.75, 3.05) is 4.72 Å². The fourth-order valence-corrected chi connectivity index (χ4v) is 2.03. The first kappa shape index (κ1) is 14.3. The van der Waals surface area contributed by atoms with E-state index >= 15 is 0 Å². The zero-order valence-electron chi connectivity index (χ0n) is 9.79. The molecule has 0 amide bonds. The highest BCUT2D eigenvalue weighted by molar-refractivity contribution is 7.93. The molecule has 9 heteroatoms. The van der Waals surface area contributed by atoms with Gasteiger partial charge in [-0.2, -0.15) is 21.6 Å². The summed E-state index contributed by atoms with van der Waals surface area (Å²) in [5, 5.41) is 0. The second-order valence-corrected chi connectivity index (χ2v) is 5.38. The number of halogens is 3. The molecular formula is C11H8F3N3O2S. The van der Waals surface area contributed by atoms with Crippen LogP contribution in [0.2, 0.25) is 0 Å². The summed E-state index contributed by atoms with van der Waals surface area (Å²) in [6, 6.07) is 4.21. The number of hydrogen-bond donors (Lipinski definition) is 1. The second-order valence-electron chi connectivity index (χ2n) is 3.71. The molecular weight excluding hydrogens is 295 g/mol. The van der Waals surface area contributed by atoms with Gasteiger partial charge in [-0.05, 0) is 23.8 Å². The van der Waals surface area contributed by atoms with E-state index in [2.05, 4.69) is 9.97 Å². The molecule has 0 unspecified atom stereocenters. The Morgan fingerprint density at radius 2 is 1.60 bits per heavy atom. The first-order valence-corrected chi connectivity index (χ1v) is 6.73. The van der Waals surface area contributed by atoms with Gasteiger partial charge in [-0.3, -0.25) is 14.7 Å². The molecule has 1 N–H and O–H groups in total. The standard InChI is InChI=1S/C11H8F3N3O2S/c12-11(13,14)20(18,19)17-10-3-6-16-7-9(10)8-1-4-15-5-2-8/h1-7H,(H,16,17). The quantitative estimate of drug-likeness (QED) is 0.945. The minimum Gasteiger partial charge on any atom is -0.275 e. The predicted molar refractivity (Wildman–Crippen MR) is 66.1 cm³/mol. The molecule has 106 valence electrons. The van der Waals surface area contributed by atoms with E-state index in [1.165, 1.54) is 41.6 Å². The molecule has 0 spiro atoms. The van der Waals surface area contributed by atoms with E-state index < -0.39 is 15.5 Å². The maximum absolute atomic E-state index is 12.4. The van der Waals surface area contributed by atoms with Gasteiger partial charge in [0.15, 0.2) is 0 Å². The molecule has 2 aromatic heterocycles. The summed E-state index contributed by atoms with van der Waals surface area (Å²) in [6.07, 6.45) is 5.33. The summed E-state index contributed by atoms with van der Waals surface area (Å²) in [6.45, 7) is 0. The fourth-order valence-electron chi connectivity index (χ4n) is 1.45. The third-order valence-electron chi connectivity index (χ3n) is 2.36. The molecule has 0 radical (unpaired) electrons. The van der Waals surface area contributed by atoms with Gasteiger partial charge in [0, 0.05) is 30.4 Å². The summed E-state index contributed by atoms with van der Waals surface area (Å²) < 4.78 is 60.9. The summed E-state index contributed by atoms with van der Waals surface area (Å²) in [5.41, 5.74) is -4.87. The molecule has 0 saturated carbocycles. The van der Waals surface area contributed by atoms with E-state index in [1.54, 1.807) is 0 Å². The van der Waals surface area contributed by atoms with E-state index in [0.717, 1.165) is 6.07 Å². The lowest BCUT2D eigenvalue weighted by molar-refractivity contribution is -0.0429. The van der Waals surface area contributed by atoms with E-state index in [9.17, 15) is 21.6 Å². The van der Waals surface area contributed by atoms with Crippen LogP contribution in [0.4, 0.5) is 18.9 Å².